The standard InChI is InChI=1S/C10H18O/c1-2-5-10(11)8-9-6-3-4-7-9/h6,10-11H,2-5,7-8H2,1H3. The number of rotatable bonds is 4. The molecule has 1 aliphatic rings. The van der Waals surface area contributed by atoms with Crippen molar-refractivity contribution >= 4 is 0 Å². The molecule has 0 radical (unpaired) electrons. The second-order valence-electron chi connectivity index (χ2n) is 3.40. The molecule has 1 N–H and O–H groups in total. The number of hydrogen-bond donors (Lipinski definition) is 1. The smallest absolute Gasteiger partial charge is 0.0577 e. The van der Waals surface area contributed by atoms with Crippen LogP contribution < -0.4 is 0 Å². The van der Waals surface area contributed by atoms with Crippen molar-refractivity contribution in [2.45, 2.75) is 51.6 Å². The summed E-state index contributed by atoms with van der Waals surface area (Å²) in [4.78, 5) is 0. The van der Waals surface area contributed by atoms with Crippen molar-refractivity contribution in [3.05, 3.63) is 11.6 Å². The minimum absolute atomic E-state index is 0.0793. The first-order valence-electron chi connectivity index (χ1n) is 4.69. The lowest BCUT2D eigenvalue weighted by atomic mass is 10.0. The summed E-state index contributed by atoms with van der Waals surface area (Å²) in [7, 11) is 0. The Kier molecular flexibility index (Phi) is 3.64. The van der Waals surface area contributed by atoms with Crippen molar-refractivity contribution < 1.29 is 5.11 Å². The predicted molar refractivity (Wildman–Crippen MR) is 47.5 cm³/mol. The molecule has 0 aromatic rings. The summed E-state index contributed by atoms with van der Waals surface area (Å²) in [5.74, 6) is 0. The SMILES string of the molecule is CCCC(O)CC1=CCCC1. The van der Waals surface area contributed by atoms with Crippen molar-refractivity contribution in [2.24, 2.45) is 0 Å². The molecule has 0 aromatic carbocycles. The van der Waals surface area contributed by atoms with Gasteiger partial charge in [-0.1, -0.05) is 25.0 Å². The lowest BCUT2D eigenvalue weighted by Gasteiger charge is -2.08. The largest absolute Gasteiger partial charge is 0.393 e. The van der Waals surface area contributed by atoms with E-state index in [0.29, 0.717) is 0 Å². The first kappa shape index (κ1) is 8.79. The number of aliphatic hydroxyl groups excluding tert-OH is 1. The van der Waals surface area contributed by atoms with E-state index in [1.54, 1.807) is 0 Å². The van der Waals surface area contributed by atoms with Gasteiger partial charge in [0.05, 0.1) is 6.10 Å². The van der Waals surface area contributed by atoms with Gasteiger partial charge in [0.15, 0.2) is 0 Å². The molecule has 1 rings (SSSR count). The summed E-state index contributed by atoms with van der Waals surface area (Å²) in [6.45, 7) is 2.12. The van der Waals surface area contributed by atoms with Crippen molar-refractivity contribution in [3.8, 4) is 0 Å². The van der Waals surface area contributed by atoms with Gasteiger partial charge in [-0.2, -0.15) is 0 Å². The van der Waals surface area contributed by atoms with Crippen LogP contribution in [0.25, 0.3) is 0 Å². The van der Waals surface area contributed by atoms with Crippen LogP contribution in [0, 0.1) is 0 Å². The van der Waals surface area contributed by atoms with E-state index in [4.69, 9.17) is 0 Å². The predicted octanol–water partition coefficient (Wildman–Crippen LogP) is 2.65. The van der Waals surface area contributed by atoms with Crippen molar-refractivity contribution in [2.75, 3.05) is 0 Å². The molecule has 64 valence electrons. The van der Waals surface area contributed by atoms with Crippen molar-refractivity contribution in [3.63, 3.8) is 0 Å². The Morgan fingerprint density at radius 2 is 2.45 bits per heavy atom. The van der Waals surface area contributed by atoms with Gasteiger partial charge >= 0.3 is 0 Å². The molecule has 1 nitrogen and oxygen atoms in total. The molecule has 0 heterocycles. The van der Waals surface area contributed by atoms with Crippen LogP contribution in [-0.2, 0) is 0 Å². The quantitative estimate of drug-likeness (QED) is 0.617. The highest BCUT2D eigenvalue weighted by atomic mass is 16.3. The summed E-state index contributed by atoms with van der Waals surface area (Å²) < 4.78 is 0. The fourth-order valence-corrected chi connectivity index (χ4v) is 1.66. The maximum Gasteiger partial charge on any atom is 0.0577 e. The third-order valence-corrected chi connectivity index (χ3v) is 2.25. The maximum atomic E-state index is 9.47. The zero-order valence-electron chi connectivity index (χ0n) is 7.34. The molecule has 0 aromatic heterocycles. The minimum Gasteiger partial charge on any atom is -0.393 e. The van der Waals surface area contributed by atoms with Gasteiger partial charge in [-0.15, -0.1) is 0 Å². The number of allylic oxidation sites excluding steroid dienone is 1. The molecular formula is C10H18O. The molecule has 1 unspecified atom stereocenters. The number of hydrogen-bond acceptors (Lipinski definition) is 1. The first-order chi connectivity index (χ1) is 5.33. The summed E-state index contributed by atoms with van der Waals surface area (Å²) in [6.07, 6.45) is 8.94. The summed E-state index contributed by atoms with van der Waals surface area (Å²) in [5.41, 5.74) is 1.48. The molecule has 0 spiro atoms. The molecule has 0 saturated carbocycles. The van der Waals surface area contributed by atoms with E-state index in [0.717, 1.165) is 19.3 Å². The van der Waals surface area contributed by atoms with Gasteiger partial charge in [-0.25, -0.2) is 0 Å². The van der Waals surface area contributed by atoms with Gasteiger partial charge < -0.3 is 5.11 Å². The molecule has 0 aliphatic heterocycles. The molecule has 0 amide bonds. The van der Waals surface area contributed by atoms with Crippen LogP contribution in [0.3, 0.4) is 0 Å². The molecule has 1 heteroatoms. The molecule has 1 aliphatic carbocycles. The summed E-state index contributed by atoms with van der Waals surface area (Å²) in [6, 6.07) is 0. The van der Waals surface area contributed by atoms with Crippen LogP contribution in [0.5, 0.6) is 0 Å². The third kappa shape index (κ3) is 3.06. The van der Waals surface area contributed by atoms with E-state index >= 15 is 0 Å². The van der Waals surface area contributed by atoms with Crippen molar-refractivity contribution in [1.82, 2.24) is 0 Å². The molecule has 0 fully saturated rings. The Balaban J connectivity index is 2.18. The lowest BCUT2D eigenvalue weighted by molar-refractivity contribution is 0.163. The lowest BCUT2D eigenvalue weighted by Crippen LogP contribution is -2.06. The fraction of sp³-hybridized carbons (Fsp3) is 0.800. The maximum absolute atomic E-state index is 9.47. The summed E-state index contributed by atoms with van der Waals surface area (Å²) >= 11 is 0. The minimum atomic E-state index is -0.0793. The van der Waals surface area contributed by atoms with E-state index in [2.05, 4.69) is 13.0 Å². The van der Waals surface area contributed by atoms with Crippen LogP contribution in [-0.4, -0.2) is 11.2 Å². The zero-order chi connectivity index (χ0) is 8.10. The van der Waals surface area contributed by atoms with Gasteiger partial charge in [-0.3, -0.25) is 0 Å². The van der Waals surface area contributed by atoms with E-state index in [9.17, 15) is 5.11 Å². The topological polar surface area (TPSA) is 20.2 Å². The van der Waals surface area contributed by atoms with Crippen molar-refractivity contribution in [1.29, 1.82) is 0 Å². The second-order valence-corrected chi connectivity index (χ2v) is 3.40. The second kappa shape index (κ2) is 4.55. The van der Waals surface area contributed by atoms with Crippen LogP contribution >= 0.6 is 0 Å². The van der Waals surface area contributed by atoms with E-state index < -0.39 is 0 Å². The summed E-state index contributed by atoms with van der Waals surface area (Å²) in [5, 5.41) is 9.47. The van der Waals surface area contributed by atoms with Gasteiger partial charge in [0, 0.05) is 0 Å². The molecule has 11 heavy (non-hydrogen) atoms. The first-order valence-corrected chi connectivity index (χ1v) is 4.69. The Morgan fingerprint density at radius 1 is 1.64 bits per heavy atom. The molecule has 1 atom stereocenters. The van der Waals surface area contributed by atoms with Gasteiger partial charge in [-0.05, 0) is 32.1 Å². The van der Waals surface area contributed by atoms with E-state index in [1.165, 1.54) is 24.8 Å². The monoisotopic (exact) mass is 154 g/mol. The Labute approximate surface area is 69.1 Å². The van der Waals surface area contributed by atoms with Gasteiger partial charge in [0.2, 0.25) is 0 Å². The fourth-order valence-electron chi connectivity index (χ4n) is 1.66. The molecule has 0 bridgehead atoms. The normalized spacial score (nSPS) is 20.0. The van der Waals surface area contributed by atoms with Crippen LogP contribution in [0.1, 0.15) is 45.4 Å². The number of aliphatic hydroxyl groups is 1. The van der Waals surface area contributed by atoms with Gasteiger partial charge in [0.1, 0.15) is 0 Å². The average molecular weight is 154 g/mol. The highest BCUT2D eigenvalue weighted by Gasteiger charge is 2.09. The highest BCUT2D eigenvalue weighted by molar-refractivity contribution is 5.08. The Morgan fingerprint density at radius 3 is 3.00 bits per heavy atom. The van der Waals surface area contributed by atoms with Gasteiger partial charge in [0.25, 0.3) is 0 Å². The van der Waals surface area contributed by atoms with E-state index in [1.807, 2.05) is 0 Å². The third-order valence-electron chi connectivity index (χ3n) is 2.25. The van der Waals surface area contributed by atoms with E-state index in [-0.39, 0.29) is 6.10 Å². The molecule has 0 saturated heterocycles. The Bertz CT molecular complexity index is 138. The van der Waals surface area contributed by atoms with Crippen LogP contribution in [0.15, 0.2) is 11.6 Å². The average Bonchev–Trinajstić information content (AvgIpc) is 2.40. The molecular weight excluding hydrogens is 136 g/mol. The van der Waals surface area contributed by atoms with Crippen LogP contribution in [0.4, 0.5) is 0 Å². The Hall–Kier alpha value is -0.300. The van der Waals surface area contributed by atoms with Crippen LogP contribution in [0.2, 0.25) is 0 Å². The zero-order valence-corrected chi connectivity index (χ0v) is 7.34. The highest BCUT2D eigenvalue weighted by Crippen LogP contribution is 2.22.